The molecule has 1 aliphatic rings. The fraction of sp³-hybridized carbons (Fsp3) is 0.833. The third-order valence-corrected chi connectivity index (χ3v) is 3.41. The summed E-state index contributed by atoms with van der Waals surface area (Å²) in [6.07, 6.45) is 4.02. The van der Waals surface area contributed by atoms with E-state index in [0.29, 0.717) is 31.8 Å². The van der Waals surface area contributed by atoms with Gasteiger partial charge in [0.05, 0.1) is 0 Å². The van der Waals surface area contributed by atoms with Gasteiger partial charge in [-0.25, -0.2) is 0 Å². The van der Waals surface area contributed by atoms with E-state index in [9.17, 15) is 9.59 Å². The highest BCUT2D eigenvalue weighted by Gasteiger charge is 2.29. The monoisotopic (exact) mass is 276 g/mol. The number of carbonyl (C=O) groups excluding carboxylic acids is 2. The second-order valence-electron chi connectivity index (χ2n) is 4.46. The van der Waals surface area contributed by atoms with Gasteiger partial charge in [0, 0.05) is 31.6 Å². The van der Waals surface area contributed by atoms with Crippen molar-refractivity contribution >= 4 is 23.4 Å². The van der Waals surface area contributed by atoms with Crippen LogP contribution in [0.4, 0.5) is 0 Å². The molecular weight excluding hydrogens is 256 g/mol. The standard InChI is InChI=1S/C12H21ClN2O3/c13-6-3-7-14-11(17)12(18)15-8-2-1-4-10(15)5-9-16/h10,16H,1-9H2,(H,14,17). The predicted octanol–water partition coefficient (Wildman–Crippen LogP) is 0.495. The number of rotatable bonds is 5. The fourth-order valence-electron chi connectivity index (χ4n) is 2.19. The van der Waals surface area contributed by atoms with Crippen molar-refractivity contribution in [2.24, 2.45) is 0 Å². The molecule has 1 unspecified atom stereocenters. The Morgan fingerprint density at radius 3 is 2.83 bits per heavy atom. The molecule has 0 aromatic rings. The molecule has 2 N–H and O–H groups in total. The lowest BCUT2D eigenvalue weighted by Gasteiger charge is -2.35. The number of nitrogens with one attached hydrogen (secondary N) is 1. The second-order valence-corrected chi connectivity index (χ2v) is 4.84. The molecular formula is C12H21ClN2O3. The van der Waals surface area contributed by atoms with E-state index in [-0.39, 0.29) is 12.6 Å². The Morgan fingerprint density at radius 2 is 2.17 bits per heavy atom. The third-order valence-electron chi connectivity index (χ3n) is 3.14. The van der Waals surface area contributed by atoms with Gasteiger partial charge in [0.25, 0.3) is 0 Å². The van der Waals surface area contributed by atoms with Gasteiger partial charge in [-0.3, -0.25) is 9.59 Å². The summed E-state index contributed by atoms with van der Waals surface area (Å²) in [6, 6.07) is -0.00460. The highest BCUT2D eigenvalue weighted by Crippen LogP contribution is 2.19. The minimum atomic E-state index is -0.565. The summed E-state index contributed by atoms with van der Waals surface area (Å²) < 4.78 is 0. The lowest BCUT2D eigenvalue weighted by molar-refractivity contribution is -0.148. The molecule has 0 bridgehead atoms. The maximum Gasteiger partial charge on any atom is 0.312 e. The van der Waals surface area contributed by atoms with Gasteiger partial charge >= 0.3 is 11.8 Å². The summed E-state index contributed by atoms with van der Waals surface area (Å²) in [5, 5.41) is 11.5. The first-order valence-corrected chi connectivity index (χ1v) is 6.99. The number of piperidine rings is 1. The number of carbonyl (C=O) groups is 2. The van der Waals surface area contributed by atoms with Gasteiger partial charge in [-0.1, -0.05) is 0 Å². The van der Waals surface area contributed by atoms with Gasteiger partial charge in [0.15, 0.2) is 0 Å². The Morgan fingerprint density at radius 1 is 1.39 bits per heavy atom. The summed E-state index contributed by atoms with van der Waals surface area (Å²) in [5.41, 5.74) is 0. The van der Waals surface area contributed by atoms with Crippen molar-refractivity contribution in [2.45, 2.75) is 38.1 Å². The normalized spacial score (nSPS) is 19.7. The van der Waals surface area contributed by atoms with Gasteiger partial charge in [-0.2, -0.15) is 0 Å². The number of alkyl halides is 1. The largest absolute Gasteiger partial charge is 0.396 e. The summed E-state index contributed by atoms with van der Waals surface area (Å²) in [6.45, 7) is 1.07. The van der Waals surface area contributed by atoms with Gasteiger partial charge in [-0.15, -0.1) is 11.6 Å². The minimum absolute atomic E-state index is 0.00460. The van der Waals surface area contributed by atoms with Crippen LogP contribution in [0.15, 0.2) is 0 Å². The lowest BCUT2D eigenvalue weighted by Crippen LogP contribution is -2.50. The Bertz CT molecular complexity index is 284. The fourth-order valence-corrected chi connectivity index (χ4v) is 2.33. The van der Waals surface area contributed by atoms with Crippen molar-refractivity contribution in [1.29, 1.82) is 0 Å². The summed E-state index contributed by atoms with van der Waals surface area (Å²) >= 11 is 5.50. The first-order chi connectivity index (χ1) is 8.70. The first-order valence-electron chi connectivity index (χ1n) is 6.46. The van der Waals surface area contributed by atoms with E-state index >= 15 is 0 Å². The van der Waals surface area contributed by atoms with Gasteiger partial charge < -0.3 is 15.3 Å². The average Bonchev–Trinajstić information content (AvgIpc) is 2.39. The van der Waals surface area contributed by atoms with Crippen molar-refractivity contribution in [3.8, 4) is 0 Å². The van der Waals surface area contributed by atoms with E-state index in [1.165, 1.54) is 0 Å². The number of hydrogen-bond donors (Lipinski definition) is 2. The van der Waals surface area contributed by atoms with Crippen LogP contribution in [0.1, 0.15) is 32.1 Å². The van der Waals surface area contributed by atoms with Crippen LogP contribution < -0.4 is 5.32 Å². The van der Waals surface area contributed by atoms with Gasteiger partial charge in [-0.05, 0) is 32.1 Å². The maximum atomic E-state index is 12.0. The van der Waals surface area contributed by atoms with Crippen LogP contribution in [0.25, 0.3) is 0 Å². The van der Waals surface area contributed by atoms with Gasteiger partial charge in [0.2, 0.25) is 0 Å². The topological polar surface area (TPSA) is 69.6 Å². The number of nitrogens with zero attached hydrogens (tertiary/aromatic N) is 1. The molecule has 0 aromatic carbocycles. The zero-order chi connectivity index (χ0) is 13.4. The van der Waals surface area contributed by atoms with Crippen LogP contribution in [0, 0.1) is 0 Å². The van der Waals surface area contributed by atoms with E-state index in [2.05, 4.69) is 5.32 Å². The SMILES string of the molecule is O=C(NCCCCl)C(=O)N1CCCCC1CCO. The molecule has 0 spiro atoms. The highest BCUT2D eigenvalue weighted by molar-refractivity contribution is 6.35. The molecule has 1 fully saturated rings. The van der Waals surface area contributed by atoms with Crippen LogP contribution in [-0.2, 0) is 9.59 Å². The van der Waals surface area contributed by atoms with E-state index in [1.54, 1.807) is 4.90 Å². The first kappa shape index (κ1) is 15.2. The molecule has 18 heavy (non-hydrogen) atoms. The molecule has 0 aliphatic carbocycles. The van der Waals surface area contributed by atoms with Crippen LogP contribution in [0.5, 0.6) is 0 Å². The summed E-state index contributed by atoms with van der Waals surface area (Å²) in [4.78, 5) is 25.2. The van der Waals surface area contributed by atoms with E-state index in [4.69, 9.17) is 16.7 Å². The Labute approximate surface area is 112 Å². The molecule has 1 aliphatic heterocycles. The van der Waals surface area contributed by atoms with E-state index in [0.717, 1.165) is 19.3 Å². The van der Waals surface area contributed by atoms with E-state index < -0.39 is 11.8 Å². The minimum Gasteiger partial charge on any atom is -0.396 e. The van der Waals surface area contributed by atoms with Crippen LogP contribution in [0.2, 0.25) is 0 Å². The number of halogens is 1. The molecule has 1 saturated heterocycles. The molecule has 1 atom stereocenters. The van der Waals surface area contributed by atoms with Crippen molar-refractivity contribution in [3.63, 3.8) is 0 Å². The maximum absolute atomic E-state index is 12.0. The van der Waals surface area contributed by atoms with Crippen molar-refractivity contribution in [3.05, 3.63) is 0 Å². The second kappa shape index (κ2) is 8.32. The molecule has 0 aromatic heterocycles. The number of aliphatic hydroxyl groups is 1. The zero-order valence-corrected chi connectivity index (χ0v) is 11.3. The Hall–Kier alpha value is -0.810. The summed E-state index contributed by atoms with van der Waals surface area (Å²) in [5.74, 6) is -0.585. The molecule has 6 heteroatoms. The predicted molar refractivity (Wildman–Crippen MR) is 69.4 cm³/mol. The number of amides is 2. The number of aliphatic hydroxyl groups excluding tert-OH is 1. The average molecular weight is 277 g/mol. The van der Waals surface area contributed by atoms with Crippen LogP contribution in [-0.4, -0.2) is 53.4 Å². The van der Waals surface area contributed by atoms with Crippen molar-refractivity contribution in [2.75, 3.05) is 25.6 Å². The Kier molecular flexibility index (Phi) is 7.05. The summed E-state index contributed by atoms with van der Waals surface area (Å²) in [7, 11) is 0. The molecule has 0 radical (unpaired) electrons. The number of likely N-dealkylation sites (tertiary alicyclic amines) is 1. The Balaban J connectivity index is 2.48. The molecule has 5 nitrogen and oxygen atoms in total. The van der Waals surface area contributed by atoms with Crippen molar-refractivity contribution < 1.29 is 14.7 Å². The van der Waals surface area contributed by atoms with Crippen LogP contribution >= 0.6 is 11.6 Å². The van der Waals surface area contributed by atoms with Crippen LogP contribution in [0.3, 0.4) is 0 Å². The lowest BCUT2D eigenvalue weighted by atomic mass is 9.99. The van der Waals surface area contributed by atoms with E-state index in [1.807, 2.05) is 0 Å². The van der Waals surface area contributed by atoms with Gasteiger partial charge in [0.1, 0.15) is 0 Å². The van der Waals surface area contributed by atoms with Crippen molar-refractivity contribution in [1.82, 2.24) is 10.2 Å². The highest BCUT2D eigenvalue weighted by atomic mass is 35.5. The zero-order valence-electron chi connectivity index (χ0n) is 10.5. The molecule has 1 rings (SSSR count). The number of hydrogen-bond acceptors (Lipinski definition) is 3. The quantitative estimate of drug-likeness (QED) is 0.436. The molecule has 104 valence electrons. The molecule has 1 heterocycles. The molecule has 2 amide bonds. The molecule has 0 saturated carbocycles. The smallest absolute Gasteiger partial charge is 0.312 e. The third kappa shape index (κ3) is 4.46.